The summed E-state index contributed by atoms with van der Waals surface area (Å²) in [5.41, 5.74) is 0.858. The highest BCUT2D eigenvalue weighted by molar-refractivity contribution is 6.33. The van der Waals surface area contributed by atoms with Crippen LogP contribution in [-0.2, 0) is 14.3 Å². The molecule has 1 aliphatic heterocycles. The zero-order chi connectivity index (χ0) is 21.0. The number of furan rings is 1. The maximum atomic E-state index is 12.7. The number of carbonyl (C=O) groups is 3. The third-order valence-electron chi connectivity index (χ3n) is 6.03. The van der Waals surface area contributed by atoms with E-state index in [4.69, 9.17) is 20.8 Å². The average molecular weight is 425 g/mol. The second-order valence-corrected chi connectivity index (χ2v) is 8.03. The zero-order valence-corrected chi connectivity index (χ0v) is 16.7. The molecule has 1 aromatic heterocycles. The van der Waals surface area contributed by atoms with Gasteiger partial charge in [0.25, 0.3) is 11.8 Å². The van der Waals surface area contributed by atoms with Crippen LogP contribution in [0.5, 0.6) is 0 Å². The van der Waals surface area contributed by atoms with E-state index in [1.165, 1.54) is 13.3 Å². The van der Waals surface area contributed by atoms with Gasteiger partial charge in [0.1, 0.15) is 11.5 Å². The topological polar surface area (TPSA) is 89.2 Å². The fourth-order valence-corrected chi connectivity index (χ4v) is 4.83. The van der Waals surface area contributed by atoms with Gasteiger partial charge >= 0.3 is 5.97 Å². The fraction of sp³-hybridized carbons (Fsp3) is 0.273. The monoisotopic (exact) mass is 424 g/mol. The Hall–Kier alpha value is -3.19. The quantitative estimate of drug-likeness (QED) is 0.324. The number of imide groups is 1. The highest BCUT2D eigenvalue weighted by Crippen LogP contribution is 2.52. The van der Waals surface area contributed by atoms with Gasteiger partial charge in [-0.05, 0) is 48.6 Å². The van der Waals surface area contributed by atoms with Gasteiger partial charge in [-0.3, -0.25) is 9.59 Å². The SMILES string of the molecule is COC(=O)c1cc(-c2ccc(/C=N\N3C(=O)[C@@H]4[C@H](C3=O)[C@@H]3C=C[C@H]4C3)o2)ccc1Cl. The molecule has 2 aliphatic carbocycles. The van der Waals surface area contributed by atoms with Crippen molar-refractivity contribution in [2.75, 3.05) is 7.11 Å². The predicted octanol–water partition coefficient (Wildman–Crippen LogP) is 3.53. The molecule has 2 amide bonds. The number of amides is 2. The molecule has 3 aliphatic rings. The summed E-state index contributed by atoms with van der Waals surface area (Å²) in [5.74, 6) is -0.479. The molecule has 0 radical (unpaired) electrons. The number of hydrogen-bond acceptors (Lipinski definition) is 6. The lowest BCUT2D eigenvalue weighted by molar-refractivity contribution is -0.140. The Kier molecular flexibility index (Phi) is 4.36. The molecule has 4 atom stereocenters. The van der Waals surface area contributed by atoms with E-state index in [1.54, 1.807) is 30.3 Å². The van der Waals surface area contributed by atoms with Gasteiger partial charge in [0.2, 0.25) is 0 Å². The summed E-state index contributed by atoms with van der Waals surface area (Å²) in [6.45, 7) is 0. The van der Waals surface area contributed by atoms with Crippen LogP contribution in [-0.4, -0.2) is 36.1 Å². The van der Waals surface area contributed by atoms with Gasteiger partial charge in [-0.2, -0.15) is 10.1 Å². The highest BCUT2D eigenvalue weighted by Gasteiger charge is 2.59. The van der Waals surface area contributed by atoms with Crippen molar-refractivity contribution < 1.29 is 23.5 Å². The molecule has 1 saturated heterocycles. The summed E-state index contributed by atoms with van der Waals surface area (Å²) in [4.78, 5) is 37.2. The largest absolute Gasteiger partial charge is 0.465 e. The minimum absolute atomic E-state index is 0.140. The molecule has 8 heteroatoms. The minimum atomic E-state index is -0.546. The number of hydrogen-bond donors (Lipinski definition) is 0. The minimum Gasteiger partial charge on any atom is -0.465 e. The molecule has 2 bridgehead atoms. The van der Waals surface area contributed by atoms with Crippen LogP contribution in [0.4, 0.5) is 0 Å². The first-order valence-electron chi connectivity index (χ1n) is 9.56. The summed E-state index contributed by atoms with van der Waals surface area (Å²) >= 11 is 6.05. The van der Waals surface area contributed by atoms with Crippen molar-refractivity contribution in [2.45, 2.75) is 6.42 Å². The lowest BCUT2D eigenvalue weighted by Gasteiger charge is -2.13. The van der Waals surface area contributed by atoms with Crippen molar-refractivity contribution in [1.82, 2.24) is 5.01 Å². The van der Waals surface area contributed by atoms with Crippen molar-refractivity contribution in [3.05, 3.63) is 58.8 Å². The van der Waals surface area contributed by atoms with Gasteiger partial charge in [-0.1, -0.05) is 23.8 Å². The van der Waals surface area contributed by atoms with E-state index in [1.807, 2.05) is 12.2 Å². The highest BCUT2D eigenvalue weighted by atomic mass is 35.5. The number of ether oxygens (including phenoxy) is 1. The smallest absolute Gasteiger partial charge is 0.339 e. The maximum absolute atomic E-state index is 12.7. The molecule has 0 unspecified atom stereocenters. The van der Waals surface area contributed by atoms with E-state index < -0.39 is 5.97 Å². The first-order chi connectivity index (χ1) is 14.5. The van der Waals surface area contributed by atoms with Crippen LogP contribution in [0.3, 0.4) is 0 Å². The molecule has 2 aromatic rings. The first kappa shape index (κ1) is 18.8. The van der Waals surface area contributed by atoms with Gasteiger partial charge in [0.15, 0.2) is 0 Å². The lowest BCUT2D eigenvalue weighted by atomic mass is 9.85. The standard InChI is InChI=1S/C22H17ClN2O5/c1-29-22(28)15-9-11(4-6-16(15)23)17-7-5-14(30-17)10-24-25-20(26)18-12-2-3-13(8-12)19(18)21(25)27/h2-7,9-10,12-13,18-19H,8H2,1H3/b24-10-/t12-,13+,18-,19+. The van der Waals surface area contributed by atoms with E-state index in [0.29, 0.717) is 17.1 Å². The van der Waals surface area contributed by atoms with Crippen LogP contribution in [0.2, 0.25) is 5.02 Å². The number of allylic oxidation sites excluding steroid dienone is 2. The molecule has 152 valence electrons. The Morgan fingerprint density at radius 1 is 1.17 bits per heavy atom. The van der Waals surface area contributed by atoms with Crippen LogP contribution in [0.25, 0.3) is 11.3 Å². The molecule has 0 spiro atoms. The Labute approximate surface area is 176 Å². The van der Waals surface area contributed by atoms with Crippen LogP contribution in [0.15, 0.2) is 52.0 Å². The summed E-state index contributed by atoms with van der Waals surface area (Å²) in [6, 6.07) is 8.25. The van der Waals surface area contributed by atoms with Crippen molar-refractivity contribution in [2.24, 2.45) is 28.8 Å². The molecule has 1 aromatic carbocycles. The Balaban J connectivity index is 1.36. The van der Waals surface area contributed by atoms with Crippen LogP contribution >= 0.6 is 11.6 Å². The second-order valence-electron chi connectivity index (χ2n) is 7.62. The van der Waals surface area contributed by atoms with Gasteiger partial charge in [0.05, 0.1) is 35.7 Å². The van der Waals surface area contributed by atoms with Gasteiger partial charge in [0, 0.05) is 5.56 Å². The summed E-state index contributed by atoms with van der Waals surface area (Å²) in [5, 5.41) is 5.36. The third-order valence-corrected chi connectivity index (χ3v) is 6.36. The number of halogens is 1. The first-order valence-corrected chi connectivity index (χ1v) is 9.94. The number of hydrazone groups is 1. The van der Waals surface area contributed by atoms with Crippen molar-refractivity contribution in [3.63, 3.8) is 0 Å². The lowest BCUT2D eigenvalue weighted by Crippen LogP contribution is -2.28. The third kappa shape index (κ3) is 2.81. The number of esters is 1. The molecule has 2 fully saturated rings. The predicted molar refractivity (Wildman–Crippen MR) is 108 cm³/mol. The van der Waals surface area contributed by atoms with Crippen LogP contribution in [0, 0.1) is 23.7 Å². The maximum Gasteiger partial charge on any atom is 0.339 e. The molecule has 0 N–H and O–H groups in total. The molecule has 5 rings (SSSR count). The Morgan fingerprint density at radius 3 is 2.53 bits per heavy atom. The number of carbonyl (C=O) groups excluding carboxylic acids is 3. The summed E-state index contributed by atoms with van der Waals surface area (Å²) in [7, 11) is 1.28. The zero-order valence-electron chi connectivity index (χ0n) is 15.9. The number of rotatable bonds is 4. The van der Waals surface area contributed by atoms with Crippen LogP contribution < -0.4 is 0 Å². The van der Waals surface area contributed by atoms with Gasteiger partial charge in [-0.15, -0.1) is 0 Å². The van der Waals surface area contributed by atoms with Crippen molar-refractivity contribution in [1.29, 1.82) is 0 Å². The summed E-state index contributed by atoms with van der Waals surface area (Å²) in [6.07, 6.45) is 6.31. The van der Waals surface area contributed by atoms with E-state index in [2.05, 4.69) is 5.10 Å². The van der Waals surface area contributed by atoms with E-state index in [0.717, 1.165) is 11.4 Å². The van der Waals surface area contributed by atoms with Gasteiger partial charge < -0.3 is 9.15 Å². The molecular formula is C22H17ClN2O5. The molecule has 2 heterocycles. The number of methoxy groups -OCH3 is 1. The average Bonchev–Trinajstić information content (AvgIpc) is 3.52. The molecule has 7 nitrogen and oxygen atoms in total. The normalized spacial score (nSPS) is 26.8. The van der Waals surface area contributed by atoms with E-state index in [9.17, 15) is 14.4 Å². The molecule has 30 heavy (non-hydrogen) atoms. The fourth-order valence-electron chi connectivity index (χ4n) is 4.64. The van der Waals surface area contributed by atoms with E-state index in [-0.39, 0.29) is 46.1 Å². The Morgan fingerprint density at radius 2 is 1.87 bits per heavy atom. The van der Waals surface area contributed by atoms with Crippen molar-refractivity contribution in [3.8, 4) is 11.3 Å². The summed E-state index contributed by atoms with van der Waals surface area (Å²) < 4.78 is 10.5. The number of nitrogens with zero attached hydrogens (tertiary/aromatic N) is 2. The van der Waals surface area contributed by atoms with E-state index >= 15 is 0 Å². The second kappa shape index (κ2) is 6.95. The molecule has 1 saturated carbocycles. The molecular weight excluding hydrogens is 408 g/mol. The number of benzene rings is 1. The van der Waals surface area contributed by atoms with Crippen LogP contribution in [0.1, 0.15) is 22.5 Å². The number of fused-ring (bicyclic) bond motifs is 5. The van der Waals surface area contributed by atoms with Gasteiger partial charge in [-0.25, -0.2) is 4.79 Å². The van der Waals surface area contributed by atoms with Crippen molar-refractivity contribution >= 4 is 35.6 Å². The Bertz CT molecular complexity index is 1100.